The lowest BCUT2D eigenvalue weighted by molar-refractivity contribution is -0.119. The van der Waals surface area contributed by atoms with Crippen molar-refractivity contribution in [2.24, 2.45) is 0 Å². The Morgan fingerprint density at radius 1 is 1.25 bits per heavy atom. The summed E-state index contributed by atoms with van der Waals surface area (Å²) in [5.41, 5.74) is 1.65. The summed E-state index contributed by atoms with van der Waals surface area (Å²) in [5, 5.41) is 4.24. The van der Waals surface area contributed by atoms with Gasteiger partial charge in [0.05, 0.1) is 11.1 Å². The molecule has 0 N–H and O–H groups in total. The van der Waals surface area contributed by atoms with Gasteiger partial charge in [0.1, 0.15) is 0 Å². The Morgan fingerprint density at radius 3 is 2.79 bits per heavy atom. The van der Waals surface area contributed by atoms with Crippen LogP contribution in [0.15, 0.2) is 28.8 Å². The van der Waals surface area contributed by atoms with E-state index in [9.17, 15) is 4.79 Å². The number of carbonyl (C=O) groups excluding carboxylic acids is 1. The van der Waals surface area contributed by atoms with Crippen LogP contribution in [0, 0.1) is 0 Å². The van der Waals surface area contributed by atoms with Crippen molar-refractivity contribution >= 4 is 17.6 Å². The molecule has 28 heavy (non-hydrogen) atoms. The van der Waals surface area contributed by atoms with Gasteiger partial charge < -0.3 is 14.2 Å². The van der Waals surface area contributed by atoms with E-state index in [1.807, 2.05) is 18.2 Å². The summed E-state index contributed by atoms with van der Waals surface area (Å²) in [6.45, 7) is 3.94. The van der Waals surface area contributed by atoms with Gasteiger partial charge in [-0.1, -0.05) is 23.4 Å². The molecular weight excluding hydrogens is 356 g/mol. The molecule has 1 saturated heterocycles. The molecule has 2 fully saturated rings. The van der Waals surface area contributed by atoms with E-state index < -0.39 is 0 Å². The molecule has 1 saturated carbocycles. The zero-order chi connectivity index (χ0) is 19.1. The third-order valence-corrected chi connectivity index (χ3v) is 6.42. The summed E-state index contributed by atoms with van der Waals surface area (Å²) >= 11 is 0. The largest absolute Gasteiger partial charge is 0.385 e. The van der Waals surface area contributed by atoms with Crippen molar-refractivity contribution in [3.05, 3.63) is 35.7 Å². The first kappa shape index (κ1) is 17.8. The number of carbonyl (C=O) groups is 1. The Bertz CT molecular complexity index is 868. The van der Waals surface area contributed by atoms with Gasteiger partial charge in [-0.05, 0) is 56.8 Å². The molecule has 0 radical (unpaired) electrons. The van der Waals surface area contributed by atoms with Crippen molar-refractivity contribution < 1.29 is 14.1 Å². The van der Waals surface area contributed by atoms with Crippen LogP contribution in [0.1, 0.15) is 49.4 Å². The number of fused-ring (bicyclic) bond motifs is 2. The normalized spacial score (nSPS) is 21.5. The van der Waals surface area contributed by atoms with E-state index in [0.29, 0.717) is 11.9 Å². The molecule has 1 spiro atoms. The lowest BCUT2D eigenvalue weighted by Crippen LogP contribution is -2.34. The Morgan fingerprint density at radius 2 is 2.04 bits per heavy atom. The van der Waals surface area contributed by atoms with E-state index in [1.165, 1.54) is 0 Å². The second-order valence-electron chi connectivity index (χ2n) is 8.14. The minimum Gasteiger partial charge on any atom is -0.385 e. The highest BCUT2D eigenvalue weighted by Crippen LogP contribution is 2.58. The van der Waals surface area contributed by atoms with Gasteiger partial charge in [-0.25, -0.2) is 4.90 Å². The molecule has 0 bridgehead atoms. The van der Waals surface area contributed by atoms with Crippen LogP contribution < -0.4 is 4.90 Å². The molecule has 1 aromatic carbocycles. The molecule has 7 nitrogen and oxygen atoms in total. The highest BCUT2D eigenvalue weighted by Gasteiger charge is 2.60. The maximum absolute atomic E-state index is 13.1. The van der Waals surface area contributed by atoms with Crippen LogP contribution in [0.2, 0.25) is 0 Å². The summed E-state index contributed by atoms with van der Waals surface area (Å²) in [4.78, 5) is 21.8. The predicted molar refractivity (Wildman–Crippen MR) is 104 cm³/mol. The SMILES string of the molecule is COCCCN1CCC(c2noc(N3C(=O)C4(CC4)c4ccccc43)n2)CC1. The number of amides is 1. The number of likely N-dealkylation sites (tertiary alicyclic amines) is 1. The molecule has 148 valence electrons. The van der Waals surface area contributed by atoms with Gasteiger partial charge in [0.15, 0.2) is 5.82 Å². The van der Waals surface area contributed by atoms with Gasteiger partial charge in [0, 0.05) is 26.2 Å². The minimum atomic E-state index is -0.348. The number of rotatable bonds is 6. The highest BCUT2D eigenvalue weighted by atomic mass is 16.5. The van der Waals surface area contributed by atoms with Crippen LogP contribution in [-0.4, -0.2) is 54.3 Å². The fraction of sp³-hybridized carbons (Fsp3) is 0.571. The molecule has 2 aromatic rings. The molecule has 1 aromatic heterocycles. The Labute approximate surface area is 164 Å². The lowest BCUT2D eigenvalue weighted by atomic mass is 9.96. The molecule has 7 heteroatoms. The van der Waals surface area contributed by atoms with Crippen LogP contribution >= 0.6 is 0 Å². The Balaban J connectivity index is 1.29. The number of piperidine rings is 1. The van der Waals surface area contributed by atoms with Crippen molar-refractivity contribution in [1.29, 1.82) is 0 Å². The van der Waals surface area contributed by atoms with Crippen molar-refractivity contribution in [2.75, 3.05) is 38.3 Å². The number of para-hydroxylation sites is 1. The van der Waals surface area contributed by atoms with Crippen LogP contribution in [0.4, 0.5) is 11.7 Å². The molecule has 5 rings (SSSR count). The second kappa shape index (κ2) is 6.97. The quantitative estimate of drug-likeness (QED) is 0.715. The van der Waals surface area contributed by atoms with Gasteiger partial charge in [-0.3, -0.25) is 4.79 Å². The van der Waals surface area contributed by atoms with Crippen molar-refractivity contribution in [3.8, 4) is 0 Å². The number of methoxy groups -OCH3 is 1. The average Bonchev–Trinajstić information content (AvgIpc) is 3.33. The lowest BCUT2D eigenvalue weighted by Gasteiger charge is -2.30. The monoisotopic (exact) mass is 382 g/mol. The van der Waals surface area contributed by atoms with Crippen LogP contribution in [0.25, 0.3) is 0 Å². The maximum atomic E-state index is 13.1. The van der Waals surface area contributed by atoms with Gasteiger partial charge in [-0.2, -0.15) is 4.98 Å². The fourth-order valence-corrected chi connectivity index (χ4v) is 4.64. The molecule has 3 aliphatic rings. The number of aromatic nitrogens is 2. The zero-order valence-electron chi connectivity index (χ0n) is 16.3. The maximum Gasteiger partial charge on any atom is 0.335 e. The van der Waals surface area contributed by atoms with Crippen molar-refractivity contribution in [2.45, 2.75) is 43.4 Å². The van der Waals surface area contributed by atoms with Gasteiger partial charge in [0.2, 0.25) is 5.91 Å². The van der Waals surface area contributed by atoms with Crippen molar-refractivity contribution in [1.82, 2.24) is 15.0 Å². The van der Waals surface area contributed by atoms with E-state index >= 15 is 0 Å². The number of ether oxygens (including phenoxy) is 1. The first-order valence-corrected chi connectivity index (χ1v) is 10.2. The van der Waals surface area contributed by atoms with E-state index in [4.69, 9.17) is 9.26 Å². The van der Waals surface area contributed by atoms with Gasteiger partial charge >= 0.3 is 6.01 Å². The predicted octanol–water partition coefficient (Wildman–Crippen LogP) is 3.00. The molecule has 1 amide bonds. The number of anilines is 2. The number of benzene rings is 1. The first-order chi connectivity index (χ1) is 13.7. The summed E-state index contributed by atoms with van der Waals surface area (Å²) in [5.74, 6) is 1.10. The van der Waals surface area contributed by atoms with Gasteiger partial charge in [0.25, 0.3) is 0 Å². The molecule has 2 aliphatic heterocycles. The van der Waals surface area contributed by atoms with Gasteiger partial charge in [-0.15, -0.1) is 0 Å². The van der Waals surface area contributed by atoms with Crippen LogP contribution in [-0.2, 0) is 14.9 Å². The topological polar surface area (TPSA) is 71.7 Å². The van der Waals surface area contributed by atoms with Crippen molar-refractivity contribution in [3.63, 3.8) is 0 Å². The van der Waals surface area contributed by atoms with E-state index in [2.05, 4.69) is 21.1 Å². The minimum absolute atomic E-state index is 0.0804. The van der Waals surface area contributed by atoms with E-state index in [1.54, 1.807) is 12.0 Å². The summed E-state index contributed by atoms with van der Waals surface area (Å²) in [6.07, 6.45) is 4.90. The molecule has 1 aliphatic carbocycles. The zero-order valence-corrected chi connectivity index (χ0v) is 16.3. The third kappa shape index (κ3) is 2.84. The molecule has 3 heterocycles. The average molecular weight is 382 g/mol. The van der Waals surface area contributed by atoms with Crippen LogP contribution in [0.3, 0.4) is 0 Å². The fourth-order valence-electron chi connectivity index (χ4n) is 4.64. The molecule has 0 unspecified atom stereocenters. The number of hydrogen-bond donors (Lipinski definition) is 0. The third-order valence-electron chi connectivity index (χ3n) is 6.42. The molecular formula is C21H26N4O3. The summed E-state index contributed by atoms with van der Waals surface area (Å²) < 4.78 is 10.7. The highest BCUT2D eigenvalue weighted by molar-refractivity contribution is 6.13. The standard InChI is InChI=1S/C21H26N4O3/c1-27-14-4-11-24-12-7-15(8-13-24)18-22-20(28-23-18)25-17-6-3-2-5-16(17)21(9-10-21)19(25)26/h2-3,5-6,15H,4,7-14H2,1H3. The first-order valence-electron chi connectivity index (χ1n) is 10.2. The number of nitrogens with zero attached hydrogens (tertiary/aromatic N) is 4. The van der Waals surface area contributed by atoms with Crippen LogP contribution in [0.5, 0.6) is 0 Å². The van der Waals surface area contributed by atoms with E-state index in [0.717, 1.165) is 75.4 Å². The second-order valence-corrected chi connectivity index (χ2v) is 8.14. The van der Waals surface area contributed by atoms with E-state index in [-0.39, 0.29) is 11.3 Å². The molecule has 0 atom stereocenters. The number of hydrogen-bond acceptors (Lipinski definition) is 6. The smallest absolute Gasteiger partial charge is 0.335 e. The Kier molecular flexibility index (Phi) is 4.44. The Hall–Kier alpha value is -2.25. The summed E-state index contributed by atoms with van der Waals surface area (Å²) in [6, 6.07) is 8.30. The summed E-state index contributed by atoms with van der Waals surface area (Å²) in [7, 11) is 1.74.